The van der Waals surface area contributed by atoms with Gasteiger partial charge in [-0.25, -0.2) is 0 Å². The van der Waals surface area contributed by atoms with Crippen molar-refractivity contribution in [3.05, 3.63) is 83.6 Å². The van der Waals surface area contributed by atoms with Crippen molar-refractivity contribution >= 4 is 0 Å². The molecular formula is C21H26N2. The molecule has 0 spiro atoms. The van der Waals surface area contributed by atoms with Gasteiger partial charge in [0.25, 0.3) is 0 Å². The van der Waals surface area contributed by atoms with Gasteiger partial charge in [0, 0.05) is 12.2 Å². The molecule has 1 heterocycles. The molecule has 2 heteroatoms. The first-order valence-corrected chi connectivity index (χ1v) is 8.29. The average molecular weight is 306 g/mol. The molecule has 0 unspecified atom stereocenters. The topological polar surface area (TPSA) is 15.3 Å². The SMILES string of the molecule is C=C1[C@@H](Cc2ccccc2)NC(C)(C)N1Cc1ccc(C)cc1. The molecule has 3 rings (SSSR count). The van der Waals surface area contributed by atoms with Crippen molar-refractivity contribution < 1.29 is 0 Å². The predicted octanol–water partition coefficient (Wildman–Crippen LogP) is 4.26. The number of nitrogens with zero attached hydrogens (tertiary/aromatic N) is 1. The van der Waals surface area contributed by atoms with Crippen LogP contribution in [0.4, 0.5) is 0 Å². The Labute approximate surface area is 139 Å². The van der Waals surface area contributed by atoms with Gasteiger partial charge in [0.1, 0.15) is 0 Å². The van der Waals surface area contributed by atoms with E-state index in [9.17, 15) is 0 Å². The van der Waals surface area contributed by atoms with Crippen molar-refractivity contribution in [3.8, 4) is 0 Å². The van der Waals surface area contributed by atoms with Crippen molar-refractivity contribution in [2.45, 2.75) is 45.4 Å². The summed E-state index contributed by atoms with van der Waals surface area (Å²) >= 11 is 0. The Morgan fingerprint density at radius 3 is 2.30 bits per heavy atom. The summed E-state index contributed by atoms with van der Waals surface area (Å²) in [4.78, 5) is 2.39. The summed E-state index contributed by atoms with van der Waals surface area (Å²) < 4.78 is 0. The fourth-order valence-electron chi connectivity index (χ4n) is 3.33. The van der Waals surface area contributed by atoms with Crippen molar-refractivity contribution in [2.75, 3.05) is 0 Å². The largest absolute Gasteiger partial charge is 0.352 e. The Kier molecular flexibility index (Phi) is 4.27. The third-order valence-electron chi connectivity index (χ3n) is 4.70. The van der Waals surface area contributed by atoms with E-state index in [-0.39, 0.29) is 11.7 Å². The van der Waals surface area contributed by atoms with Gasteiger partial charge >= 0.3 is 0 Å². The Bertz CT molecular complexity index is 671. The van der Waals surface area contributed by atoms with Crippen LogP contribution in [0.2, 0.25) is 0 Å². The van der Waals surface area contributed by atoms with Gasteiger partial charge in [0.2, 0.25) is 0 Å². The molecule has 0 saturated carbocycles. The van der Waals surface area contributed by atoms with Crippen LogP contribution in [0.5, 0.6) is 0 Å². The standard InChI is InChI=1S/C21H26N2/c1-16-10-12-19(13-11-16)15-23-17(2)20(22-21(23,3)4)14-18-8-6-5-7-9-18/h5-13,20,22H,2,14-15H2,1,3-4H3/t20-/m1/s1. The van der Waals surface area contributed by atoms with Gasteiger partial charge in [-0.05, 0) is 38.3 Å². The lowest BCUT2D eigenvalue weighted by molar-refractivity contribution is 0.174. The zero-order valence-electron chi connectivity index (χ0n) is 14.3. The highest BCUT2D eigenvalue weighted by Gasteiger charge is 2.39. The lowest BCUT2D eigenvalue weighted by Crippen LogP contribution is -2.46. The molecule has 0 amide bonds. The summed E-state index contributed by atoms with van der Waals surface area (Å²) in [5.74, 6) is 0. The lowest BCUT2D eigenvalue weighted by atomic mass is 10.0. The molecule has 2 aromatic rings. The Morgan fingerprint density at radius 1 is 1.00 bits per heavy atom. The number of aryl methyl sites for hydroxylation is 1. The van der Waals surface area contributed by atoms with Gasteiger partial charge in [0.05, 0.1) is 11.7 Å². The maximum Gasteiger partial charge on any atom is 0.0857 e. The van der Waals surface area contributed by atoms with E-state index in [0.29, 0.717) is 0 Å². The molecule has 0 aromatic heterocycles. The third kappa shape index (κ3) is 3.48. The molecule has 2 nitrogen and oxygen atoms in total. The van der Waals surface area contributed by atoms with Crippen LogP contribution in [-0.4, -0.2) is 16.6 Å². The Hall–Kier alpha value is -2.06. The number of nitrogens with one attached hydrogen (secondary N) is 1. The average Bonchev–Trinajstić information content (AvgIpc) is 2.73. The van der Waals surface area contributed by atoms with E-state index in [1.807, 2.05) is 0 Å². The maximum atomic E-state index is 4.39. The third-order valence-corrected chi connectivity index (χ3v) is 4.70. The van der Waals surface area contributed by atoms with Gasteiger partial charge in [-0.3, -0.25) is 5.32 Å². The van der Waals surface area contributed by atoms with Crippen LogP contribution in [0.15, 0.2) is 66.9 Å². The summed E-state index contributed by atoms with van der Waals surface area (Å²) in [7, 11) is 0. The van der Waals surface area contributed by atoms with E-state index >= 15 is 0 Å². The summed E-state index contributed by atoms with van der Waals surface area (Å²) in [5.41, 5.74) is 5.07. The normalized spacial score (nSPS) is 20.0. The smallest absolute Gasteiger partial charge is 0.0857 e. The molecule has 2 aromatic carbocycles. The highest BCUT2D eigenvalue weighted by molar-refractivity contribution is 5.27. The first-order chi connectivity index (χ1) is 11.0. The molecule has 0 radical (unpaired) electrons. The van der Waals surface area contributed by atoms with Gasteiger partial charge in [0.15, 0.2) is 0 Å². The molecule has 1 N–H and O–H groups in total. The first-order valence-electron chi connectivity index (χ1n) is 8.29. The maximum absolute atomic E-state index is 4.39. The summed E-state index contributed by atoms with van der Waals surface area (Å²) in [6.45, 7) is 11.9. The fourth-order valence-corrected chi connectivity index (χ4v) is 3.33. The molecule has 1 saturated heterocycles. The van der Waals surface area contributed by atoms with E-state index in [2.05, 4.69) is 92.2 Å². The molecule has 0 bridgehead atoms. The second-order valence-corrected chi connectivity index (χ2v) is 7.01. The highest BCUT2D eigenvalue weighted by Crippen LogP contribution is 2.31. The van der Waals surface area contributed by atoms with Crippen LogP contribution in [0.1, 0.15) is 30.5 Å². The van der Waals surface area contributed by atoms with Gasteiger partial charge < -0.3 is 4.90 Å². The predicted molar refractivity (Wildman–Crippen MR) is 97.0 cm³/mol. The minimum absolute atomic E-state index is 0.0819. The monoisotopic (exact) mass is 306 g/mol. The van der Waals surface area contributed by atoms with Gasteiger partial charge in [-0.2, -0.15) is 0 Å². The van der Waals surface area contributed by atoms with Crippen molar-refractivity contribution in [2.24, 2.45) is 0 Å². The zero-order valence-corrected chi connectivity index (χ0v) is 14.3. The van der Waals surface area contributed by atoms with Crippen LogP contribution in [-0.2, 0) is 13.0 Å². The van der Waals surface area contributed by atoms with E-state index in [4.69, 9.17) is 0 Å². The minimum atomic E-state index is -0.0819. The molecule has 120 valence electrons. The van der Waals surface area contributed by atoms with Gasteiger partial charge in [-0.1, -0.05) is 66.7 Å². The van der Waals surface area contributed by atoms with Crippen molar-refractivity contribution in [1.29, 1.82) is 0 Å². The highest BCUT2D eigenvalue weighted by atomic mass is 15.4. The second-order valence-electron chi connectivity index (χ2n) is 7.01. The second kappa shape index (κ2) is 6.21. The molecule has 1 aliphatic heterocycles. The van der Waals surface area contributed by atoms with E-state index in [1.54, 1.807) is 0 Å². The van der Waals surface area contributed by atoms with Crippen LogP contribution in [0.3, 0.4) is 0 Å². The number of hydrogen-bond donors (Lipinski definition) is 1. The molecular weight excluding hydrogens is 280 g/mol. The Morgan fingerprint density at radius 2 is 1.65 bits per heavy atom. The minimum Gasteiger partial charge on any atom is -0.352 e. The van der Waals surface area contributed by atoms with E-state index < -0.39 is 0 Å². The van der Waals surface area contributed by atoms with Crippen LogP contribution < -0.4 is 5.32 Å². The van der Waals surface area contributed by atoms with E-state index in [1.165, 1.54) is 22.4 Å². The van der Waals surface area contributed by atoms with Crippen molar-refractivity contribution in [3.63, 3.8) is 0 Å². The lowest BCUT2D eigenvalue weighted by Gasteiger charge is -2.33. The molecule has 1 fully saturated rings. The number of hydrogen-bond acceptors (Lipinski definition) is 2. The molecule has 0 aliphatic carbocycles. The molecule has 23 heavy (non-hydrogen) atoms. The van der Waals surface area contributed by atoms with Crippen LogP contribution in [0.25, 0.3) is 0 Å². The summed E-state index contributed by atoms with van der Waals surface area (Å²) in [6, 6.07) is 19.7. The fraction of sp³-hybridized carbons (Fsp3) is 0.333. The van der Waals surface area contributed by atoms with E-state index in [0.717, 1.165) is 13.0 Å². The number of benzene rings is 2. The van der Waals surface area contributed by atoms with Crippen LogP contribution in [0, 0.1) is 6.92 Å². The van der Waals surface area contributed by atoms with Crippen molar-refractivity contribution in [1.82, 2.24) is 10.2 Å². The first kappa shape index (κ1) is 15.8. The Balaban J connectivity index is 1.75. The van der Waals surface area contributed by atoms with Crippen LogP contribution >= 0.6 is 0 Å². The quantitative estimate of drug-likeness (QED) is 0.908. The van der Waals surface area contributed by atoms with Gasteiger partial charge in [-0.15, -0.1) is 0 Å². The zero-order chi connectivity index (χ0) is 16.4. The summed E-state index contributed by atoms with van der Waals surface area (Å²) in [5, 5.41) is 3.74. The number of rotatable bonds is 4. The summed E-state index contributed by atoms with van der Waals surface area (Å²) in [6.07, 6.45) is 0.980. The molecule has 1 aliphatic rings. The molecule has 1 atom stereocenters.